The van der Waals surface area contributed by atoms with E-state index in [-0.39, 0.29) is 17.5 Å². The lowest BCUT2D eigenvalue weighted by Crippen LogP contribution is -2.57. The van der Waals surface area contributed by atoms with Crippen molar-refractivity contribution in [3.8, 4) is 0 Å². The third-order valence-electron chi connectivity index (χ3n) is 7.91. The lowest BCUT2D eigenvalue weighted by Gasteiger charge is -2.46. The van der Waals surface area contributed by atoms with Gasteiger partial charge in [-0.15, -0.1) is 0 Å². The molecule has 10 heteroatoms. The van der Waals surface area contributed by atoms with Gasteiger partial charge in [0.2, 0.25) is 5.95 Å². The normalized spacial score (nSPS) is 14.7. The number of amides is 2. The number of aromatic nitrogens is 2. The number of nitrogens with two attached hydrogens (primary N) is 1. The molecule has 3 rings (SSSR count). The number of hydrogen-bond donors (Lipinski definition) is 3. The molecule has 1 atom stereocenters. The second-order valence-corrected chi connectivity index (χ2v) is 11.7. The minimum absolute atomic E-state index is 0.161. The van der Waals surface area contributed by atoms with E-state index in [1.807, 2.05) is 32.0 Å². The van der Waals surface area contributed by atoms with Gasteiger partial charge in [-0.1, -0.05) is 66.0 Å². The summed E-state index contributed by atoms with van der Waals surface area (Å²) in [6, 6.07) is 6.97. The molecule has 1 unspecified atom stereocenters. The SMILES string of the molecule is CCCC(CCC)N1CCN(c2nc(F)c(C(C)=O)nc2C)CC1CCC.CCCN.CCc1ccc(C)cc1NC(=O)NC. The molecular weight excluding hydrogens is 569 g/mol. The molecule has 2 aromatic rings. The number of aryl methyl sites for hydroxylation is 3. The third kappa shape index (κ3) is 13.0. The van der Waals surface area contributed by atoms with Crippen LogP contribution >= 0.6 is 0 Å². The smallest absolute Gasteiger partial charge is 0.318 e. The molecule has 4 N–H and O–H groups in total. The molecular formula is C35H60FN7O2. The van der Waals surface area contributed by atoms with Gasteiger partial charge in [-0.3, -0.25) is 9.69 Å². The number of nitrogens with zero attached hydrogens (tertiary/aromatic N) is 4. The molecule has 0 aliphatic carbocycles. The van der Waals surface area contributed by atoms with Crippen LogP contribution < -0.4 is 21.3 Å². The van der Waals surface area contributed by atoms with Gasteiger partial charge in [0, 0.05) is 51.4 Å². The number of halogens is 1. The molecule has 1 fully saturated rings. The summed E-state index contributed by atoms with van der Waals surface area (Å²) in [5.74, 6) is -0.557. The van der Waals surface area contributed by atoms with Gasteiger partial charge in [0.1, 0.15) is 0 Å². The molecule has 1 aliphatic heterocycles. The summed E-state index contributed by atoms with van der Waals surface area (Å²) in [5, 5.41) is 5.34. The monoisotopic (exact) mass is 629 g/mol. The molecule has 0 radical (unpaired) electrons. The molecule has 2 amide bonds. The van der Waals surface area contributed by atoms with Crippen LogP contribution in [0.3, 0.4) is 0 Å². The van der Waals surface area contributed by atoms with Crippen molar-refractivity contribution >= 4 is 23.3 Å². The van der Waals surface area contributed by atoms with Crippen molar-refractivity contribution in [1.29, 1.82) is 0 Å². The van der Waals surface area contributed by atoms with E-state index in [1.54, 1.807) is 7.05 Å². The minimum atomic E-state index is -0.757. The fourth-order valence-corrected chi connectivity index (χ4v) is 5.59. The van der Waals surface area contributed by atoms with Crippen molar-refractivity contribution < 1.29 is 14.0 Å². The fourth-order valence-electron chi connectivity index (χ4n) is 5.59. The van der Waals surface area contributed by atoms with Crippen molar-refractivity contribution in [2.75, 3.05) is 43.4 Å². The maximum atomic E-state index is 14.3. The number of anilines is 2. The number of piperazine rings is 1. The van der Waals surface area contributed by atoms with Crippen LogP contribution in [0.2, 0.25) is 0 Å². The number of benzene rings is 1. The van der Waals surface area contributed by atoms with E-state index in [0.717, 1.165) is 68.7 Å². The van der Waals surface area contributed by atoms with E-state index in [4.69, 9.17) is 5.73 Å². The number of Topliss-reactive ketones (excluding diaryl/α,β-unsaturated/α-hetero) is 1. The predicted molar refractivity (Wildman–Crippen MR) is 186 cm³/mol. The van der Waals surface area contributed by atoms with Crippen LogP contribution in [-0.2, 0) is 6.42 Å². The Labute approximate surface area is 272 Å². The highest BCUT2D eigenvalue weighted by Crippen LogP contribution is 2.27. The van der Waals surface area contributed by atoms with E-state index >= 15 is 0 Å². The molecule has 0 spiro atoms. The Balaban J connectivity index is 0.000000468. The summed E-state index contributed by atoms with van der Waals surface area (Å²) >= 11 is 0. The highest BCUT2D eigenvalue weighted by Gasteiger charge is 2.32. The molecule has 1 aromatic heterocycles. The predicted octanol–water partition coefficient (Wildman–Crippen LogP) is 7.05. The maximum Gasteiger partial charge on any atom is 0.318 e. The van der Waals surface area contributed by atoms with Gasteiger partial charge < -0.3 is 21.3 Å². The van der Waals surface area contributed by atoms with E-state index in [0.29, 0.717) is 23.6 Å². The average Bonchev–Trinajstić information content (AvgIpc) is 3.02. The zero-order valence-electron chi connectivity index (χ0n) is 29.4. The second kappa shape index (κ2) is 21.6. The fraction of sp³-hybridized carbons (Fsp3) is 0.657. The van der Waals surface area contributed by atoms with Crippen molar-refractivity contribution in [1.82, 2.24) is 20.2 Å². The molecule has 0 bridgehead atoms. The first-order valence-corrected chi connectivity index (χ1v) is 16.8. The van der Waals surface area contributed by atoms with Crippen molar-refractivity contribution in [3.05, 3.63) is 46.7 Å². The van der Waals surface area contributed by atoms with Crippen molar-refractivity contribution in [2.24, 2.45) is 5.73 Å². The maximum absolute atomic E-state index is 14.3. The highest BCUT2D eigenvalue weighted by molar-refractivity contribution is 5.92. The number of carbonyl (C=O) groups excluding carboxylic acids is 2. The number of hydrogen-bond acceptors (Lipinski definition) is 7. The van der Waals surface area contributed by atoms with Crippen molar-refractivity contribution in [3.63, 3.8) is 0 Å². The Hall–Kier alpha value is -3.11. The van der Waals surface area contributed by atoms with E-state index in [9.17, 15) is 14.0 Å². The van der Waals surface area contributed by atoms with Crippen LogP contribution in [0.25, 0.3) is 0 Å². The zero-order chi connectivity index (χ0) is 33.9. The van der Waals surface area contributed by atoms with Gasteiger partial charge >= 0.3 is 6.03 Å². The quantitative estimate of drug-likeness (QED) is 0.216. The zero-order valence-corrected chi connectivity index (χ0v) is 29.4. The van der Waals surface area contributed by atoms with Crippen LogP contribution in [0.5, 0.6) is 0 Å². The molecule has 254 valence electrons. The summed E-state index contributed by atoms with van der Waals surface area (Å²) in [7, 11) is 1.61. The molecule has 1 aliphatic rings. The Kier molecular flexibility index (Phi) is 19.2. The summed E-state index contributed by atoms with van der Waals surface area (Å²) in [4.78, 5) is 35.8. The number of ketones is 1. The van der Waals surface area contributed by atoms with Crippen LogP contribution in [0.4, 0.5) is 20.7 Å². The molecule has 0 saturated carbocycles. The van der Waals surface area contributed by atoms with Gasteiger partial charge in [0.25, 0.3) is 0 Å². The Bertz CT molecular complexity index is 1170. The molecule has 2 heterocycles. The first kappa shape index (κ1) is 39.9. The summed E-state index contributed by atoms with van der Waals surface area (Å²) in [6.07, 6.45) is 9.13. The molecule has 45 heavy (non-hydrogen) atoms. The molecule has 9 nitrogen and oxygen atoms in total. The van der Waals surface area contributed by atoms with Gasteiger partial charge in [0.05, 0.1) is 5.69 Å². The Morgan fingerprint density at radius 3 is 2.18 bits per heavy atom. The lowest BCUT2D eigenvalue weighted by molar-refractivity contribution is 0.0975. The van der Waals surface area contributed by atoms with Crippen LogP contribution in [0, 0.1) is 19.8 Å². The largest absolute Gasteiger partial charge is 0.352 e. The van der Waals surface area contributed by atoms with Crippen LogP contribution in [0.1, 0.15) is 114 Å². The Morgan fingerprint density at radius 2 is 1.67 bits per heavy atom. The second-order valence-electron chi connectivity index (χ2n) is 11.7. The first-order valence-electron chi connectivity index (χ1n) is 16.8. The minimum Gasteiger partial charge on any atom is -0.352 e. The standard InChI is InChI=1S/C21H35FN4O.C11H16N2O.C3H9N/c1-6-9-17(10-7-2)26-13-12-25(14-18(26)11-8-3)21-15(4)23-19(16(5)27)20(22)24-21;1-4-9-6-5-8(2)7-10(9)13-11(14)12-3;1-2-3-4/h17-18H,6-14H2,1-5H3;5-7H,4H2,1-3H3,(H2,12,13,14);2-4H2,1H3. The topological polar surface area (TPSA) is 116 Å². The van der Waals surface area contributed by atoms with E-state index in [1.165, 1.54) is 32.6 Å². The van der Waals surface area contributed by atoms with E-state index in [2.05, 4.69) is 65.0 Å². The van der Waals surface area contributed by atoms with Gasteiger partial charge in [0.15, 0.2) is 17.3 Å². The third-order valence-corrected chi connectivity index (χ3v) is 7.91. The Morgan fingerprint density at radius 1 is 1.02 bits per heavy atom. The summed E-state index contributed by atoms with van der Waals surface area (Å²) in [5.41, 5.74) is 8.69. The first-order chi connectivity index (χ1) is 21.5. The molecule has 1 saturated heterocycles. The van der Waals surface area contributed by atoms with Crippen LogP contribution in [-0.4, -0.2) is 72.0 Å². The number of urea groups is 1. The summed E-state index contributed by atoms with van der Waals surface area (Å²) in [6.45, 7) is 19.4. The van der Waals surface area contributed by atoms with Gasteiger partial charge in [-0.2, -0.15) is 9.37 Å². The van der Waals surface area contributed by atoms with Gasteiger partial charge in [-0.25, -0.2) is 9.78 Å². The summed E-state index contributed by atoms with van der Waals surface area (Å²) < 4.78 is 14.3. The lowest BCUT2D eigenvalue weighted by atomic mass is 9.98. The molecule has 1 aromatic carbocycles. The highest BCUT2D eigenvalue weighted by atomic mass is 19.1. The van der Waals surface area contributed by atoms with Crippen molar-refractivity contribution in [2.45, 2.75) is 119 Å². The number of nitrogens with one attached hydrogen (secondary N) is 2. The number of rotatable bonds is 12. The van der Waals surface area contributed by atoms with Crippen LogP contribution in [0.15, 0.2) is 18.2 Å². The van der Waals surface area contributed by atoms with E-state index < -0.39 is 5.95 Å². The van der Waals surface area contributed by atoms with Gasteiger partial charge in [-0.05, 0) is 69.7 Å². The number of carbonyl (C=O) groups is 2. The average molecular weight is 630 g/mol.